The van der Waals surface area contributed by atoms with Crippen molar-refractivity contribution in [2.24, 2.45) is 5.92 Å². The highest BCUT2D eigenvalue weighted by Crippen LogP contribution is 2.18. The topological polar surface area (TPSA) is 78.1 Å². The molecule has 1 fully saturated rings. The fourth-order valence-corrected chi connectivity index (χ4v) is 3.73. The molecule has 0 bridgehead atoms. The third-order valence-corrected chi connectivity index (χ3v) is 5.23. The van der Waals surface area contributed by atoms with Crippen molar-refractivity contribution in [2.75, 3.05) is 26.2 Å². The highest BCUT2D eigenvalue weighted by atomic mass is 32.2. The Hall–Kier alpha value is -0.920. The number of H-pyrrole nitrogens is 1. The summed E-state index contributed by atoms with van der Waals surface area (Å²) in [6, 6.07) is 0. The van der Waals surface area contributed by atoms with E-state index in [9.17, 15) is 8.42 Å². The molecule has 1 saturated heterocycles. The molecule has 1 aromatic rings. The van der Waals surface area contributed by atoms with Crippen molar-refractivity contribution >= 4 is 10.0 Å². The number of hydrogen-bond donors (Lipinski definition) is 2. The van der Waals surface area contributed by atoms with Gasteiger partial charge in [0.1, 0.15) is 4.90 Å². The first-order chi connectivity index (χ1) is 8.64. The van der Waals surface area contributed by atoms with Gasteiger partial charge in [0.05, 0.1) is 6.20 Å². The van der Waals surface area contributed by atoms with Crippen molar-refractivity contribution in [1.29, 1.82) is 0 Å². The number of rotatable bonds is 5. The molecule has 0 spiro atoms. The Labute approximate surface area is 108 Å². The van der Waals surface area contributed by atoms with Crippen LogP contribution in [-0.2, 0) is 10.0 Å². The molecule has 6 nitrogen and oxygen atoms in total. The van der Waals surface area contributed by atoms with Crippen LogP contribution in [0.25, 0.3) is 0 Å². The molecule has 102 valence electrons. The summed E-state index contributed by atoms with van der Waals surface area (Å²) in [5.74, 6) is 0.403. The molecule has 18 heavy (non-hydrogen) atoms. The van der Waals surface area contributed by atoms with E-state index in [2.05, 4.69) is 15.5 Å². The summed E-state index contributed by atoms with van der Waals surface area (Å²) >= 11 is 0. The van der Waals surface area contributed by atoms with Crippen molar-refractivity contribution in [1.82, 2.24) is 19.8 Å². The molecular formula is C11H20N4O2S. The highest BCUT2D eigenvalue weighted by molar-refractivity contribution is 7.89. The summed E-state index contributed by atoms with van der Waals surface area (Å²) in [4.78, 5) is 0.244. The molecule has 1 unspecified atom stereocenters. The maximum atomic E-state index is 12.3. The maximum absolute atomic E-state index is 12.3. The summed E-state index contributed by atoms with van der Waals surface area (Å²) in [5, 5.41) is 9.57. The van der Waals surface area contributed by atoms with E-state index in [0.717, 1.165) is 25.9 Å². The summed E-state index contributed by atoms with van der Waals surface area (Å²) in [5.41, 5.74) is 0. The highest BCUT2D eigenvalue weighted by Gasteiger charge is 2.27. The molecule has 1 aliphatic rings. The second-order valence-electron chi connectivity index (χ2n) is 4.60. The van der Waals surface area contributed by atoms with Gasteiger partial charge in [-0.2, -0.15) is 9.40 Å². The van der Waals surface area contributed by atoms with Crippen LogP contribution in [0.4, 0.5) is 0 Å². The summed E-state index contributed by atoms with van der Waals surface area (Å²) in [7, 11) is -3.40. The van der Waals surface area contributed by atoms with Gasteiger partial charge in [-0.25, -0.2) is 8.42 Å². The molecule has 2 rings (SSSR count). The van der Waals surface area contributed by atoms with Gasteiger partial charge < -0.3 is 5.32 Å². The van der Waals surface area contributed by atoms with Crippen LogP contribution in [0.1, 0.15) is 19.8 Å². The second kappa shape index (κ2) is 5.81. The van der Waals surface area contributed by atoms with Gasteiger partial charge in [0.15, 0.2) is 0 Å². The van der Waals surface area contributed by atoms with Crippen molar-refractivity contribution in [3.63, 3.8) is 0 Å². The lowest BCUT2D eigenvalue weighted by Crippen LogP contribution is -2.40. The van der Waals surface area contributed by atoms with Crippen LogP contribution in [-0.4, -0.2) is 49.1 Å². The van der Waals surface area contributed by atoms with E-state index >= 15 is 0 Å². The van der Waals surface area contributed by atoms with E-state index in [-0.39, 0.29) is 4.90 Å². The zero-order chi connectivity index (χ0) is 13.0. The number of aromatic nitrogens is 2. The third kappa shape index (κ3) is 2.90. The summed E-state index contributed by atoms with van der Waals surface area (Å²) < 4.78 is 26.2. The first kappa shape index (κ1) is 13.5. The summed E-state index contributed by atoms with van der Waals surface area (Å²) in [6.45, 7) is 4.88. The smallest absolute Gasteiger partial charge is 0.246 e. The Morgan fingerprint density at radius 2 is 2.39 bits per heavy atom. The van der Waals surface area contributed by atoms with Gasteiger partial charge in [-0.3, -0.25) is 5.10 Å². The maximum Gasteiger partial charge on any atom is 0.246 e. The monoisotopic (exact) mass is 272 g/mol. The quantitative estimate of drug-likeness (QED) is 0.814. The molecule has 0 saturated carbocycles. The van der Waals surface area contributed by atoms with E-state index in [1.165, 1.54) is 16.7 Å². The number of hydrogen-bond acceptors (Lipinski definition) is 4. The minimum absolute atomic E-state index is 0.244. The first-order valence-electron chi connectivity index (χ1n) is 6.34. The molecule has 1 aromatic heterocycles. The summed E-state index contributed by atoms with van der Waals surface area (Å²) in [6.07, 6.45) is 4.99. The van der Waals surface area contributed by atoms with Crippen LogP contribution in [0.5, 0.6) is 0 Å². The SMILES string of the molecule is CCN(CC1CCCNC1)S(=O)(=O)c1cn[nH]c1. The number of sulfonamides is 1. The predicted molar refractivity (Wildman–Crippen MR) is 68.6 cm³/mol. The van der Waals surface area contributed by atoms with Crippen LogP contribution in [0.15, 0.2) is 17.3 Å². The number of aromatic amines is 1. The second-order valence-corrected chi connectivity index (χ2v) is 6.54. The van der Waals surface area contributed by atoms with Crippen molar-refractivity contribution in [3.8, 4) is 0 Å². The van der Waals surface area contributed by atoms with Gasteiger partial charge in [-0.1, -0.05) is 6.92 Å². The lowest BCUT2D eigenvalue weighted by molar-refractivity contribution is 0.298. The van der Waals surface area contributed by atoms with E-state index in [0.29, 0.717) is 19.0 Å². The number of nitrogens with one attached hydrogen (secondary N) is 2. The first-order valence-corrected chi connectivity index (χ1v) is 7.78. The Bertz CT molecular complexity index is 451. The fraction of sp³-hybridized carbons (Fsp3) is 0.727. The van der Waals surface area contributed by atoms with Gasteiger partial charge >= 0.3 is 0 Å². The molecule has 0 aliphatic carbocycles. The minimum Gasteiger partial charge on any atom is -0.316 e. The predicted octanol–water partition coefficient (Wildman–Crippen LogP) is 0.420. The van der Waals surface area contributed by atoms with Gasteiger partial charge in [0.25, 0.3) is 0 Å². The van der Waals surface area contributed by atoms with E-state index in [1.54, 1.807) is 0 Å². The van der Waals surface area contributed by atoms with Gasteiger partial charge in [0.2, 0.25) is 10.0 Å². The lowest BCUT2D eigenvalue weighted by atomic mass is 10.00. The number of nitrogens with zero attached hydrogens (tertiary/aromatic N) is 2. The standard InChI is InChI=1S/C11H20N4O2S/c1-2-15(9-10-4-3-5-12-6-10)18(16,17)11-7-13-14-8-11/h7-8,10,12H,2-6,9H2,1H3,(H,13,14). The normalized spacial score (nSPS) is 21.3. The van der Waals surface area contributed by atoms with Gasteiger partial charge in [0, 0.05) is 19.3 Å². The Morgan fingerprint density at radius 1 is 1.56 bits per heavy atom. The molecule has 1 atom stereocenters. The van der Waals surface area contributed by atoms with E-state index in [4.69, 9.17) is 0 Å². The molecule has 1 aliphatic heterocycles. The largest absolute Gasteiger partial charge is 0.316 e. The molecule has 0 amide bonds. The average Bonchev–Trinajstić information content (AvgIpc) is 2.91. The van der Waals surface area contributed by atoms with Crippen LogP contribution >= 0.6 is 0 Å². The van der Waals surface area contributed by atoms with E-state index in [1.807, 2.05) is 6.92 Å². The van der Waals surface area contributed by atoms with Crippen molar-refractivity contribution in [3.05, 3.63) is 12.4 Å². The van der Waals surface area contributed by atoms with Crippen LogP contribution in [0.2, 0.25) is 0 Å². The van der Waals surface area contributed by atoms with Crippen LogP contribution in [0.3, 0.4) is 0 Å². The van der Waals surface area contributed by atoms with Crippen LogP contribution in [0, 0.1) is 5.92 Å². The Balaban J connectivity index is 2.08. The number of piperidine rings is 1. The zero-order valence-corrected chi connectivity index (χ0v) is 11.4. The van der Waals surface area contributed by atoms with E-state index < -0.39 is 10.0 Å². The molecule has 0 radical (unpaired) electrons. The van der Waals surface area contributed by atoms with Crippen LogP contribution < -0.4 is 5.32 Å². The molecule has 2 heterocycles. The Morgan fingerprint density at radius 3 is 2.94 bits per heavy atom. The van der Waals surface area contributed by atoms with Gasteiger partial charge in [-0.15, -0.1) is 0 Å². The molecular weight excluding hydrogens is 252 g/mol. The van der Waals surface area contributed by atoms with Gasteiger partial charge in [-0.05, 0) is 31.8 Å². The Kier molecular flexibility index (Phi) is 4.36. The minimum atomic E-state index is -3.40. The molecule has 2 N–H and O–H groups in total. The fourth-order valence-electron chi connectivity index (χ4n) is 2.29. The lowest BCUT2D eigenvalue weighted by Gasteiger charge is -2.28. The molecule has 7 heteroatoms. The van der Waals surface area contributed by atoms with Crippen molar-refractivity contribution < 1.29 is 8.42 Å². The zero-order valence-electron chi connectivity index (χ0n) is 10.6. The average molecular weight is 272 g/mol. The third-order valence-electron chi connectivity index (χ3n) is 3.32. The molecule has 0 aromatic carbocycles. The van der Waals surface area contributed by atoms with Crippen molar-refractivity contribution in [2.45, 2.75) is 24.7 Å².